The van der Waals surface area contributed by atoms with Crippen molar-refractivity contribution in [2.75, 3.05) is 26.2 Å². The third-order valence-electron chi connectivity index (χ3n) is 6.39. The SMILES string of the molecule is O=C(c1cc(C2CC2)nn1-c1ccccc1)N1CCC2(CCNC2)CC1. The van der Waals surface area contributed by atoms with Crippen molar-refractivity contribution in [1.82, 2.24) is 20.0 Å². The number of amides is 1. The standard InChI is InChI=1S/C21H26N4O/c26-20(24-12-9-21(10-13-24)8-11-22-15-21)19-14-18(16-6-7-16)23-25(19)17-4-2-1-3-5-17/h1-5,14,16,22H,6-13,15H2. The number of rotatable bonds is 3. The molecule has 3 aliphatic rings. The second-order valence-corrected chi connectivity index (χ2v) is 8.20. The summed E-state index contributed by atoms with van der Waals surface area (Å²) in [7, 11) is 0. The van der Waals surface area contributed by atoms with E-state index in [0.29, 0.717) is 11.3 Å². The van der Waals surface area contributed by atoms with Crippen molar-refractivity contribution in [3.05, 3.63) is 47.8 Å². The molecule has 1 amide bonds. The Labute approximate surface area is 154 Å². The summed E-state index contributed by atoms with van der Waals surface area (Å²) in [6.07, 6.45) is 5.86. The average molecular weight is 350 g/mol. The van der Waals surface area contributed by atoms with E-state index in [1.54, 1.807) is 0 Å². The summed E-state index contributed by atoms with van der Waals surface area (Å²) < 4.78 is 1.86. The lowest BCUT2D eigenvalue weighted by Gasteiger charge is -2.38. The van der Waals surface area contributed by atoms with Crippen LogP contribution in [0.1, 0.15) is 54.2 Å². The van der Waals surface area contributed by atoms with Gasteiger partial charge < -0.3 is 10.2 Å². The van der Waals surface area contributed by atoms with Crippen LogP contribution in [0.5, 0.6) is 0 Å². The molecule has 0 unspecified atom stereocenters. The molecule has 2 aromatic rings. The van der Waals surface area contributed by atoms with E-state index >= 15 is 0 Å². The van der Waals surface area contributed by atoms with Gasteiger partial charge in [-0.25, -0.2) is 4.68 Å². The Morgan fingerprint density at radius 1 is 1.12 bits per heavy atom. The van der Waals surface area contributed by atoms with Crippen LogP contribution in [-0.4, -0.2) is 46.8 Å². The van der Waals surface area contributed by atoms with Gasteiger partial charge in [0.25, 0.3) is 5.91 Å². The van der Waals surface area contributed by atoms with E-state index in [1.807, 2.05) is 46.0 Å². The van der Waals surface area contributed by atoms with Gasteiger partial charge in [0, 0.05) is 25.6 Å². The maximum absolute atomic E-state index is 13.3. The summed E-state index contributed by atoms with van der Waals surface area (Å²) in [5.74, 6) is 0.676. The first-order chi connectivity index (χ1) is 12.7. The van der Waals surface area contributed by atoms with Crippen molar-refractivity contribution in [3.63, 3.8) is 0 Å². The highest BCUT2D eigenvalue weighted by Gasteiger charge is 2.39. The molecule has 0 radical (unpaired) electrons. The Balaban J connectivity index is 1.41. The van der Waals surface area contributed by atoms with Crippen LogP contribution in [0.2, 0.25) is 0 Å². The maximum Gasteiger partial charge on any atom is 0.272 e. The fourth-order valence-electron chi connectivity index (χ4n) is 4.46. The van der Waals surface area contributed by atoms with Gasteiger partial charge in [0.15, 0.2) is 0 Å². The van der Waals surface area contributed by atoms with Crippen LogP contribution in [0.15, 0.2) is 36.4 Å². The summed E-state index contributed by atoms with van der Waals surface area (Å²) in [5, 5.41) is 8.28. The van der Waals surface area contributed by atoms with Gasteiger partial charge in [-0.1, -0.05) is 18.2 Å². The molecule has 2 saturated heterocycles. The lowest BCUT2D eigenvalue weighted by Crippen LogP contribution is -2.44. The first-order valence-electron chi connectivity index (χ1n) is 9.90. The predicted octanol–water partition coefficient (Wildman–Crippen LogP) is 2.97. The van der Waals surface area contributed by atoms with Crippen LogP contribution in [-0.2, 0) is 0 Å². The molecule has 2 aliphatic heterocycles. The van der Waals surface area contributed by atoms with Gasteiger partial charge >= 0.3 is 0 Å². The van der Waals surface area contributed by atoms with Gasteiger partial charge in [0.1, 0.15) is 5.69 Å². The first-order valence-corrected chi connectivity index (χ1v) is 9.90. The van der Waals surface area contributed by atoms with E-state index in [1.165, 1.54) is 19.3 Å². The molecular weight excluding hydrogens is 324 g/mol. The lowest BCUT2D eigenvalue weighted by molar-refractivity contribution is 0.0599. The molecular formula is C21H26N4O. The molecule has 3 fully saturated rings. The molecule has 3 heterocycles. The predicted molar refractivity (Wildman–Crippen MR) is 101 cm³/mol. The molecule has 0 bridgehead atoms. The summed E-state index contributed by atoms with van der Waals surface area (Å²) in [6.45, 7) is 3.96. The molecule has 136 valence electrons. The van der Waals surface area contributed by atoms with Gasteiger partial charge in [0.05, 0.1) is 11.4 Å². The quantitative estimate of drug-likeness (QED) is 0.926. The van der Waals surface area contributed by atoms with Crippen LogP contribution >= 0.6 is 0 Å². The minimum Gasteiger partial charge on any atom is -0.337 e. The topological polar surface area (TPSA) is 50.2 Å². The highest BCUT2D eigenvalue weighted by atomic mass is 16.2. The smallest absolute Gasteiger partial charge is 0.272 e. The minimum absolute atomic E-state index is 0.133. The second-order valence-electron chi connectivity index (χ2n) is 8.20. The largest absolute Gasteiger partial charge is 0.337 e. The number of benzene rings is 1. The van der Waals surface area contributed by atoms with E-state index in [0.717, 1.165) is 56.1 Å². The van der Waals surface area contributed by atoms with E-state index in [4.69, 9.17) is 5.10 Å². The minimum atomic E-state index is 0.133. The number of carbonyl (C=O) groups is 1. The molecule has 1 aliphatic carbocycles. The summed E-state index contributed by atoms with van der Waals surface area (Å²) in [4.78, 5) is 15.3. The van der Waals surface area contributed by atoms with Gasteiger partial charge in [-0.05, 0) is 62.3 Å². The van der Waals surface area contributed by atoms with Crippen LogP contribution in [0.4, 0.5) is 0 Å². The zero-order valence-corrected chi connectivity index (χ0v) is 15.2. The second kappa shape index (κ2) is 6.23. The highest BCUT2D eigenvalue weighted by molar-refractivity contribution is 5.93. The normalized spacial score (nSPS) is 22.1. The Hall–Kier alpha value is -2.14. The summed E-state index contributed by atoms with van der Waals surface area (Å²) >= 11 is 0. The van der Waals surface area contributed by atoms with E-state index in [-0.39, 0.29) is 5.91 Å². The number of nitrogens with one attached hydrogen (secondary N) is 1. The van der Waals surface area contributed by atoms with Crippen LogP contribution < -0.4 is 5.32 Å². The third-order valence-corrected chi connectivity index (χ3v) is 6.39. The lowest BCUT2D eigenvalue weighted by atomic mass is 9.78. The zero-order valence-electron chi connectivity index (χ0n) is 15.2. The van der Waals surface area contributed by atoms with Crippen LogP contribution in [0.3, 0.4) is 0 Å². The molecule has 0 atom stereocenters. The molecule has 1 N–H and O–H groups in total. The number of aromatic nitrogens is 2. The summed E-state index contributed by atoms with van der Waals surface area (Å²) in [6, 6.07) is 12.1. The summed E-state index contributed by atoms with van der Waals surface area (Å²) in [5.41, 5.74) is 3.19. The van der Waals surface area contributed by atoms with Crippen molar-refractivity contribution >= 4 is 5.91 Å². The van der Waals surface area contributed by atoms with Crippen molar-refractivity contribution < 1.29 is 4.79 Å². The maximum atomic E-state index is 13.3. The number of para-hydroxylation sites is 1. The Morgan fingerprint density at radius 2 is 1.88 bits per heavy atom. The molecule has 1 saturated carbocycles. The molecule has 5 heteroatoms. The van der Waals surface area contributed by atoms with Crippen molar-refractivity contribution in [3.8, 4) is 5.69 Å². The van der Waals surface area contributed by atoms with Crippen molar-refractivity contribution in [1.29, 1.82) is 0 Å². The number of hydrogen-bond acceptors (Lipinski definition) is 3. The molecule has 26 heavy (non-hydrogen) atoms. The van der Waals surface area contributed by atoms with E-state index in [2.05, 4.69) is 5.32 Å². The van der Waals surface area contributed by atoms with Gasteiger partial charge in [-0.3, -0.25) is 4.79 Å². The Morgan fingerprint density at radius 3 is 2.54 bits per heavy atom. The fourth-order valence-corrected chi connectivity index (χ4v) is 4.46. The van der Waals surface area contributed by atoms with E-state index in [9.17, 15) is 4.79 Å². The molecule has 1 aromatic heterocycles. The number of carbonyl (C=O) groups excluding carboxylic acids is 1. The van der Waals surface area contributed by atoms with Crippen molar-refractivity contribution in [2.45, 2.75) is 38.0 Å². The monoisotopic (exact) mass is 350 g/mol. The number of likely N-dealkylation sites (tertiary alicyclic amines) is 1. The highest BCUT2D eigenvalue weighted by Crippen LogP contribution is 2.40. The molecule has 5 nitrogen and oxygen atoms in total. The molecule has 5 rings (SSSR count). The number of piperidine rings is 1. The van der Waals surface area contributed by atoms with Gasteiger partial charge in [-0.2, -0.15) is 5.10 Å². The number of hydrogen-bond donors (Lipinski definition) is 1. The van der Waals surface area contributed by atoms with Gasteiger partial charge in [-0.15, -0.1) is 0 Å². The first kappa shape index (κ1) is 16.1. The van der Waals surface area contributed by atoms with E-state index < -0.39 is 0 Å². The average Bonchev–Trinajstić information content (AvgIpc) is 3.28. The van der Waals surface area contributed by atoms with Crippen LogP contribution in [0, 0.1) is 5.41 Å². The number of nitrogens with zero attached hydrogens (tertiary/aromatic N) is 3. The molecule has 1 aromatic carbocycles. The third kappa shape index (κ3) is 2.84. The van der Waals surface area contributed by atoms with Crippen LogP contribution in [0.25, 0.3) is 5.69 Å². The fraction of sp³-hybridized carbons (Fsp3) is 0.524. The molecule has 1 spiro atoms. The zero-order chi connectivity index (χ0) is 17.6. The Bertz CT molecular complexity index is 793. The van der Waals surface area contributed by atoms with Crippen molar-refractivity contribution in [2.24, 2.45) is 5.41 Å². The Kier molecular flexibility index (Phi) is 3.85. The van der Waals surface area contributed by atoms with Gasteiger partial charge in [0.2, 0.25) is 0 Å².